The molecule has 1 heterocycles. The lowest BCUT2D eigenvalue weighted by molar-refractivity contribution is -0.143. The highest BCUT2D eigenvalue weighted by atomic mass is 16.5. The third-order valence-corrected chi connectivity index (χ3v) is 6.47. The average Bonchev–Trinajstić information content (AvgIpc) is 3.37. The Balaban J connectivity index is 1.37. The van der Waals surface area contributed by atoms with E-state index in [0.29, 0.717) is 31.9 Å². The van der Waals surface area contributed by atoms with Crippen molar-refractivity contribution in [2.24, 2.45) is 0 Å². The Morgan fingerprint density at radius 3 is 2.76 bits per heavy atom. The van der Waals surface area contributed by atoms with Crippen LogP contribution in [-0.2, 0) is 22.4 Å². The fourth-order valence-corrected chi connectivity index (χ4v) is 4.68. The van der Waals surface area contributed by atoms with Gasteiger partial charge in [-0.1, -0.05) is 12.1 Å². The molecule has 34 heavy (non-hydrogen) atoms. The van der Waals surface area contributed by atoms with E-state index in [2.05, 4.69) is 36.1 Å². The summed E-state index contributed by atoms with van der Waals surface area (Å²) in [5, 5.41) is 0. The SMILES string of the molecule is CCOC(=O)C[C@@H]1CCc2cc(OCCc3nc(-c4ccc(C)c(N(C)C)c4)oc3C)ccc21. The number of rotatable bonds is 9. The number of oxazole rings is 1. The molecule has 4 rings (SSSR count). The van der Waals surface area contributed by atoms with Gasteiger partial charge in [0.1, 0.15) is 11.5 Å². The second kappa shape index (κ2) is 10.3. The molecule has 0 N–H and O–H groups in total. The van der Waals surface area contributed by atoms with Gasteiger partial charge < -0.3 is 18.8 Å². The second-order valence-corrected chi connectivity index (χ2v) is 9.12. The van der Waals surface area contributed by atoms with Crippen LogP contribution >= 0.6 is 0 Å². The molecule has 0 amide bonds. The van der Waals surface area contributed by atoms with Crippen LogP contribution in [0.5, 0.6) is 5.75 Å². The minimum Gasteiger partial charge on any atom is -0.493 e. The molecule has 0 fully saturated rings. The summed E-state index contributed by atoms with van der Waals surface area (Å²) in [4.78, 5) is 18.7. The number of carbonyl (C=O) groups is 1. The molecule has 6 nitrogen and oxygen atoms in total. The summed E-state index contributed by atoms with van der Waals surface area (Å²) in [6.07, 6.45) is 3.07. The van der Waals surface area contributed by atoms with Crippen molar-refractivity contribution in [3.8, 4) is 17.2 Å². The number of ether oxygens (including phenoxy) is 2. The molecule has 0 saturated heterocycles. The molecule has 6 heteroatoms. The summed E-state index contributed by atoms with van der Waals surface area (Å²) in [6, 6.07) is 12.5. The van der Waals surface area contributed by atoms with Crippen molar-refractivity contribution in [1.29, 1.82) is 0 Å². The number of fused-ring (bicyclic) bond motifs is 1. The molecule has 2 aromatic carbocycles. The van der Waals surface area contributed by atoms with Crippen molar-refractivity contribution in [2.75, 3.05) is 32.2 Å². The Hall–Kier alpha value is -3.28. The van der Waals surface area contributed by atoms with Crippen molar-refractivity contribution in [1.82, 2.24) is 4.98 Å². The number of aryl methyl sites for hydroxylation is 3. The van der Waals surface area contributed by atoms with Crippen LogP contribution < -0.4 is 9.64 Å². The lowest BCUT2D eigenvalue weighted by Gasteiger charge is -2.16. The molecule has 0 spiro atoms. The van der Waals surface area contributed by atoms with Crippen molar-refractivity contribution in [3.63, 3.8) is 0 Å². The van der Waals surface area contributed by atoms with E-state index in [-0.39, 0.29) is 11.9 Å². The quantitative estimate of drug-likeness (QED) is 0.384. The first-order chi connectivity index (χ1) is 16.4. The van der Waals surface area contributed by atoms with Gasteiger partial charge in [0.15, 0.2) is 0 Å². The highest BCUT2D eigenvalue weighted by molar-refractivity contribution is 5.71. The van der Waals surface area contributed by atoms with Gasteiger partial charge in [-0.05, 0) is 80.5 Å². The fourth-order valence-electron chi connectivity index (χ4n) is 4.68. The molecule has 1 aliphatic carbocycles. The Morgan fingerprint density at radius 1 is 1.18 bits per heavy atom. The molecule has 0 unspecified atom stereocenters. The van der Waals surface area contributed by atoms with Gasteiger partial charge in [-0.25, -0.2) is 4.98 Å². The van der Waals surface area contributed by atoms with Gasteiger partial charge in [0.05, 0.1) is 25.3 Å². The maximum atomic E-state index is 11.9. The molecule has 0 aliphatic heterocycles. The normalized spacial score (nSPS) is 14.7. The van der Waals surface area contributed by atoms with Crippen LogP contribution in [0.2, 0.25) is 0 Å². The molecule has 0 radical (unpaired) electrons. The number of aromatic nitrogens is 1. The molecule has 1 aliphatic rings. The van der Waals surface area contributed by atoms with E-state index >= 15 is 0 Å². The van der Waals surface area contributed by atoms with Gasteiger partial charge in [0.25, 0.3) is 0 Å². The van der Waals surface area contributed by atoms with Crippen LogP contribution in [0.25, 0.3) is 11.5 Å². The van der Waals surface area contributed by atoms with Gasteiger partial charge in [-0.2, -0.15) is 0 Å². The first-order valence-corrected chi connectivity index (χ1v) is 12.0. The van der Waals surface area contributed by atoms with Gasteiger partial charge in [0.2, 0.25) is 5.89 Å². The van der Waals surface area contributed by atoms with Crippen molar-refractivity contribution < 1.29 is 18.7 Å². The minimum absolute atomic E-state index is 0.119. The number of benzene rings is 2. The van der Waals surface area contributed by atoms with E-state index in [1.165, 1.54) is 16.7 Å². The molecule has 0 saturated carbocycles. The second-order valence-electron chi connectivity index (χ2n) is 9.12. The predicted octanol–water partition coefficient (Wildman–Crippen LogP) is 5.63. The Bertz CT molecular complexity index is 1170. The standard InChI is InChI=1S/C28H34N2O4/c1-6-32-27(31)17-21-10-9-20-15-23(11-12-24(20)21)33-14-13-25-19(3)34-28(29-25)22-8-7-18(2)26(16-22)30(4)5/h7-8,11-12,15-16,21H,6,9-10,13-14,17H2,1-5H3/t21-/m0/s1. The Labute approximate surface area is 201 Å². The number of hydrogen-bond donors (Lipinski definition) is 0. The highest BCUT2D eigenvalue weighted by Crippen LogP contribution is 2.37. The zero-order chi connectivity index (χ0) is 24.2. The van der Waals surface area contributed by atoms with Crippen LogP contribution in [0.4, 0.5) is 5.69 Å². The van der Waals surface area contributed by atoms with Crippen LogP contribution in [0.3, 0.4) is 0 Å². The fraction of sp³-hybridized carbons (Fsp3) is 0.429. The minimum atomic E-state index is -0.119. The highest BCUT2D eigenvalue weighted by Gasteiger charge is 2.25. The first kappa shape index (κ1) is 23.9. The smallest absolute Gasteiger partial charge is 0.306 e. The van der Waals surface area contributed by atoms with Crippen LogP contribution in [-0.4, -0.2) is 38.3 Å². The third-order valence-electron chi connectivity index (χ3n) is 6.47. The summed E-state index contributed by atoms with van der Waals surface area (Å²) in [5.74, 6) is 2.44. The zero-order valence-electron chi connectivity index (χ0n) is 20.8. The van der Waals surface area contributed by atoms with E-state index in [9.17, 15) is 4.79 Å². The van der Waals surface area contributed by atoms with E-state index in [1.807, 2.05) is 40.1 Å². The molecule has 1 atom stereocenters. The third kappa shape index (κ3) is 5.27. The monoisotopic (exact) mass is 462 g/mol. The topological polar surface area (TPSA) is 64.8 Å². The van der Waals surface area contributed by atoms with E-state index in [1.54, 1.807) is 0 Å². The molecule has 0 bridgehead atoms. The van der Waals surface area contributed by atoms with Crippen LogP contribution in [0.1, 0.15) is 53.8 Å². The van der Waals surface area contributed by atoms with E-state index in [4.69, 9.17) is 18.9 Å². The summed E-state index contributed by atoms with van der Waals surface area (Å²) < 4.78 is 17.1. The maximum Gasteiger partial charge on any atom is 0.306 e. The largest absolute Gasteiger partial charge is 0.493 e. The molecular formula is C28H34N2O4. The van der Waals surface area contributed by atoms with E-state index < -0.39 is 0 Å². The van der Waals surface area contributed by atoms with Crippen molar-refractivity contribution in [3.05, 3.63) is 64.5 Å². The predicted molar refractivity (Wildman–Crippen MR) is 134 cm³/mol. The van der Waals surface area contributed by atoms with Crippen LogP contribution in [0.15, 0.2) is 40.8 Å². The summed E-state index contributed by atoms with van der Waals surface area (Å²) >= 11 is 0. The number of anilines is 1. The Kier molecular flexibility index (Phi) is 7.25. The lowest BCUT2D eigenvalue weighted by Crippen LogP contribution is -2.10. The van der Waals surface area contributed by atoms with Gasteiger partial charge >= 0.3 is 5.97 Å². The Morgan fingerprint density at radius 2 is 2.00 bits per heavy atom. The number of carbonyl (C=O) groups excluding carboxylic acids is 1. The number of hydrogen-bond acceptors (Lipinski definition) is 6. The summed E-state index contributed by atoms with van der Waals surface area (Å²) in [5.41, 5.74) is 6.76. The van der Waals surface area contributed by atoms with Crippen molar-refractivity contribution >= 4 is 11.7 Å². The maximum absolute atomic E-state index is 11.9. The van der Waals surface area contributed by atoms with Gasteiger partial charge in [-0.3, -0.25) is 4.79 Å². The molecule has 180 valence electrons. The summed E-state index contributed by atoms with van der Waals surface area (Å²) in [6.45, 7) is 6.84. The zero-order valence-corrected chi connectivity index (χ0v) is 20.8. The molecular weight excluding hydrogens is 428 g/mol. The van der Waals surface area contributed by atoms with Gasteiger partial charge in [-0.15, -0.1) is 0 Å². The average molecular weight is 463 g/mol. The molecule has 1 aromatic heterocycles. The lowest BCUT2D eigenvalue weighted by atomic mass is 9.98. The number of nitrogens with zero attached hydrogens (tertiary/aromatic N) is 2. The van der Waals surface area contributed by atoms with E-state index in [0.717, 1.165) is 41.3 Å². The molecule has 3 aromatic rings. The van der Waals surface area contributed by atoms with Crippen LogP contribution in [0, 0.1) is 13.8 Å². The first-order valence-electron chi connectivity index (χ1n) is 12.0. The van der Waals surface area contributed by atoms with Crippen molar-refractivity contribution in [2.45, 2.75) is 52.4 Å². The number of esters is 1. The van der Waals surface area contributed by atoms with Gasteiger partial charge in [0, 0.05) is 31.8 Å². The summed E-state index contributed by atoms with van der Waals surface area (Å²) in [7, 11) is 4.07.